The largest absolute Gasteiger partial charge is 0.355 e. The Balaban J connectivity index is 3.34. The summed E-state index contributed by atoms with van der Waals surface area (Å²) in [4.78, 5) is 10.2. The summed E-state index contributed by atoms with van der Waals surface area (Å²) in [7, 11) is 2.04. The van der Waals surface area contributed by atoms with Crippen molar-refractivity contribution < 1.29 is 9.32 Å². The molecule has 0 N–H and O–H groups in total. The first-order valence-electron chi connectivity index (χ1n) is 2.04. The van der Waals surface area contributed by atoms with Gasteiger partial charge in [-0.15, -0.1) is 0 Å². The van der Waals surface area contributed by atoms with Gasteiger partial charge in [-0.2, -0.15) is 0 Å². The predicted molar refractivity (Wildman–Crippen MR) is 30.9 cm³/mol. The van der Waals surface area contributed by atoms with Crippen molar-refractivity contribution >= 4 is 15.2 Å². The van der Waals surface area contributed by atoms with Crippen molar-refractivity contribution in [3.63, 3.8) is 0 Å². The van der Waals surface area contributed by atoms with Gasteiger partial charge in [0, 0.05) is 9.47 Å². The van der Waals surface area contributed by atoms with Crippen molar-refractivity contribution in [1.29, 1.82) is 0 Å². The van der Waals surface area contributed by atoms with E-state index in [1.807, 2.05) is 9.47 Å². The Kier molecular flexibility index (Phi) is 3.14. The van der Waals surface area contributed by atoms with Crippen molar-refractivity contribution in [3.8, 4) is 0 Å². The highest BCUT2D eigenvalue weighted by molar-refractivity contribution is 7.09. The van der Waals surface area contributed by atoms with E-state index in [1.54, 1.807) is 6.92 Å². The molecule has 7 heavy (non-hydrogen) atoms. The van der Waals surface area contributed by atoms with E-state index in [0.717, 1.165) is 0 Å². The Hall–Kier alpha value is 0.0600. The lowest BCUT2D eigenvalue weighted by atomic mass is 10.3. The first-order valence-corrected chi connectivity index (χ1v) is 2.51. The third-order valence-electron chi connectivity index (χ3n) is 0.777. The molecule has 0 amide bonds. The molecule has 0 rings (SSSR count). The van der Waals surface area contributed by atoms with Gasteiger partial charge in [0.15, 0.2) is 5.78 Å². The summed E-state index contributed by atoms with van der Waals surface area (Å²) >= 11 is 0. The molecule has 0 aliphatic carbocycles. The molecule has 0 aliphatic heterocycles. The minimum Gasteiger partial charge on any atom is -0.355 e. The van der Waals surface area contributed by atoms with Crippen LogP contribution in [0, 0.1) is 0 Å². The van der Waals surface area contributed by atoms with Crippen molar-refractivity contribution in [2.75, 3.05) is 0 Å². The molecule has 0 heterocycles. The van der Waals surface area contributed by atoms with Gasteiger partial charge in [0.25, 0.3) is 0 Å². The maximum absolute atomic E-state index is 10.2. The minimum atomic E-state index is -0.273. The molecular weight excluding hydrogens is 111 g/mol. The van der Waals surface area contributed by atoms with E-state index in [9.17, 15) is 4.79 Å². The summed E-state index contributed by atoms with van der Waals surface area (Å²) in [5, 5.41) is 0. The third kappa shape index (κ3) is 2.72. The molecule has 0 radical (unpaired) electrons. The molecule has 2 nitrogen and oxygen atoms in total. The van der Waals surface area contributed by atoms with Crippen LogP contribution in [-0.4, -0.2) is 11.9 Å². The summed E-state index contributed by atoms with van der Waals surface area (Å²) in [6.07, 6.45) is -0.273. The SMILES string of the molecule is CC(=O)C(C)OP. The van der Waals surface area contributed by atoms with Gasteiger partial charge in [0.2, 0.25) is 0 Å². The lowest BCUT2D eigenvalue weighted by molar-refractivity contribution is -0.122. The molecule has 0 fully saturated rings. The first kappa shape index (κ1) is 7.06. The summed E-state index contributed by atoms with van der Waals surface area (Å²) in [5.41, 5.74) is 0. The average molecular weight is 120 g/mol. The van der Waals surface area contributed by atoms with Crippen LogP contribution in [0.1, 0.15) is 13.8 Å². The monoisotopic (exact) mass is 120 g/mol. The van der Waals surface area contributed by atoms with E-state index in [4.69, 9.17) is 0 Å². The number of hydrogen-bond donors (Lipinski definition) is 0. The fraction of sp³-hybridized carbons (Fsp3) is 0.750. The van der Waals surface area contributed by atoms with Gasteiger partial charge in [-0.05, 0) is 13.8 Å². The van der Waals surface area contributed by atoms with Crippen molar-refractivity contribution in [3.05, 3.63) is 0 Å². The van der Waals surface area contributed by atoms with Crippen molar-refractivity contribution in [2.45, 2.75) is 20.0 Å². The fourth-order valence-electron chi connectivity index (χ4n) is 0.0958. The van der Waals surface area contributed by atoms with Crippen LogP contribution in [0.2, 0.25) is 0 Å². The number of carbonyl (C=O) groups excluding carboxylic acids is 1. The van der Waals surface area contributed by atoms with E-state index >= 15 is 0 Å². The van der Waals surface area contributed by atoms with Crippen LogP contribution in [0.5, 0.6) is 0 Å². The van der Waals surface area contributed by atoms with Crippen LogP contribution < -0.4 is 0 Å². The number of carbonyl (C=O) groups is 1. The molecule has 0 aromatic heterocycles. The summed E-state index contributed by atoms with van der Waals surface area (Å²) < 4.78 is 4.58. The molecule has 2 atom stereocenters. The second-order valence-electron chi connectivity index (χ2n) is 1.39. The Labute approximate surface area is 45.5 Å². The Bertz CT molecular complexity index is 72.1. The normalized spacial score (nSPS) is 13.6. The topological polar surface area (TPSA) is 26.3 Å². The Morgan fingerprint density at radius 3 is 2.29 bits per heavy atom. The van der Waals surface area contributed by atoms with Crippen LogP contribution in [0.15, 0.2) is 0 Å². The van der Waals surface area contributed by atoms with E-state index in [2.05, 4.69) is 4.52 Å². The van der Waals surface area contributed by atoms with Crippen molar-refractivity contribution in [1.82, 2.24) is 0 Å². The molecule has 0 spiro atoms. The number of rotatable bonds is 2. The molecule has 0 aromatic carbocycles. The van der Waals surface area contributed by atoms with Gasteiger partial charge in [-0.25, -0.2) is 0 Å². The minimum absolute atomic E-state index is 0.0509. The first-order chi connectivity index (χ1) is 3.18. The second-order valence-corrected chi connectivity index (χ2v) is 1.66. The lowest BCUT2D eigenvalue weighted by Gasteiger charge is -2.00. The van der Waals surface area contributed by atoms with Crippen molar-refractivity contribution in [2.24, 2.45) is 0 Å². The van der Waals surface area contributed by atoms with E-state index in [-0.39, 0.29) is 11.9 Å². The zero-order chi connectivity index (χ0) is 5.86. The molecule has 3 heteroatoms. The zero-order valence-electron chi connectivity index (χ0n) is 4.47. The highest BCUT2D eigenvalue weighted by Crippen LogP contribution is 1.95. The van der Waals surface area contributed by atoms with E-state index in [0.29, 0.717) is 0 Å². The third-order valence-corrected chi connectivity index (χ3v) is 1.18. The Morgan fingerprint density at radius 2 is 2.29 bits per heavy atom. The van der Waals surface area contributed by atoms with Gasteiger partial charge >= 0.3 is 0 Å². The summed E-state index contributed by atoms with van der Waals surface area (Å²) in [5.74, 6) is 0.0509. The maximum Gasteiger partial charge on any atom is 0.158 e. The molecule has 0 saturated heterocycles. The van der Waals surface area contributed by atoms with Gasteiger partial charge in [0.05, 0.1) is 0 Å². The van der Waals surface area contributed by atoms with E-state index in [1.165, 1.54) is 6.92 Å². The molecule has 0 aliphatic rings. The van der Waals surface area contributed by atoms with E-state index < -0.39 is 0 Å². The highest BCUT2D eigenvalue weighted by Gasteiger charge is 2.02. The average Bonchev–Trinajstić information content (AvgIpc) is 1.65. The number of Topliss-reactive ketones (excluding diaryl/α,β-unsaturated/α-hetero) is 1. The molecule has 0 aromatic rings. The second kappa shape index (κ2) is 3.11. The molecule has 0 saturated carbocycles. The quantitative estimate of drug-likeness (QED) is 0.503. The molecule has 42 valence electrons. The smallest absolute Gasteiger partial charge is 0.158 e. The van der Waals surface area contributed by atoms with Crippen LogP contribution >= 0.6 is 9.47 Å². The zero-order valence-corrected chi connectivity index (χ0v) is 5.63. The fourth-order valence-corrected chi connectivity index (χ4v) is 0.287. The van der Waals surface area contributed by atoms with Gasteiger partial charge in [-0.3, -0.25) is 4.79 Å². The van der Waals surface area contributed by atoms with Crippen LogP contribution in [0.4, 0.5) is 0 Å². The van der Waals surface area contributed by atoms with Gasteiger partial charge in [-0.1, -0.05) is 0 Å². The number of hydrogen-bond acceptors (Lipinski definition) is 2. The summed E-state index contributed by atoms with van der Waals surface area (Å²) in [6, 6.07) is 0. The summed E-state index contributed by atoms with van der Waals surface area (Å²) in [6.45, 7) is 3.20. The standard InChI is InChI=1S/C4H9O2P/c1-3(5)4(2)6-7/h4H,7H2,1-2H3. The highest BCUT2D eigenvalue weighted by atomic mass is 31.0. The Morgan fingerprint density at radius 1 is 1.86 bits per heavy atom. The lowest BCUT2D eigenvalue weighted by Crippen LogP contribution is -2.11. The van der Waals surface area contributed by atoms with Crippen LogP contribution in [-0.2, 0) is 9.32 Å². The number of ketones is 1. The van der Waals surface area contributed by atoms with Gasteiger partial charge in [0.1, 0.15) is 6.10 Å². The molecular formula is C4H9O2P. The van der Waals surface area contributed by atoms with Gasteiger partial charge < -0.3 is 4.52 Å². The predicted octanol–water partition coefficient (Wildman–Crippen LogP) is 0.771. The van der Waals surface area contributed by atoms with Crippen LogP contribution in [0.25, 0.3) is 0 Å². The molecule has 0 bridgehead atoms. The molecule has 2 unspecified atom stereocenters. The maximum atomic E-state index is 10.2. The van der Waals surface area contributed by atoms with Crippen LogP contribution in [0.3, 0.4) is 0 Å².